The number of aromatic hydroxyl groups is 1. The van der Waals surface area contributed by atoms with Crippen molar-refractivity contribution in [3.8, 4) is 11.5 Å². The first kappa shape index (κ1) is 15.7. The average Bonchev–Trinajstić information content (AvgIpc) is 2.26. The first-order chi connectivity index (χ1) is 8.92. The second kappa shape index (κ2) is 7.27. The molecule has 0 radical (unpaired) electrons. The van der Waals surface area contributed by atoms with Gasteiger partial charge in [0.05, 0.1) is 6.61 Å². The van der Waals surface area contributed by atoms with Crippen LogP contribution in [0.4, 0.5) is 5.69 Å². The number of benzene rings is 1. The molecule has 0 aliphatic carbocycles. The highest BCUT2D eigenvalue weighted by Crippen LogP contribution is 2.29. The highest BCUT2D eigenvalue weighted by atomic mass is 16.5. The third-order valence-electron chi connectivity index (χ3n) is 2.72. The average molecular weight is 265 g/mol. The van der Waals surface area contributed by atoms with Crippen LogP contribution in [0.1, 0.15) is 34.6 Å². The van der Waals surface area contributed by atoms with Crippen molar-refractivity contribution in [2.24, 2.45) is 11.8 Å². The molecule has 0 fully saturated rings. The highest BCUT2D eigenvalue weighted by Gasteiger charge is 2.12. The molecule has 1 N–H and O–H groups in total. The van der Waals surface area contributed by atoms with Crippen LogP contribution in [-0.4, -0.2) is 24.8 Å². The zero-order valence-electron chi connectivity index (χ0n) is 12.8. The molecule has 0 aromatic heterocycles. The lowest BCUT2D eigenvalue weighted by atomic mass is 10.1. The molecule has 0 amide bonds. The van der Waals surface area contributed by atoms with E-state index in [1.165, 1.54) is 0 Å². The van der Waals surface area contributed by atoms with E-state index >= 15 is 0 Å². The van der Waals surface area contributed by atoms with Crippen molar-refractivity contribution in [2.75, 3.05) is 24.6 Å². The van der Waals surface area contributed by atoms with Crippen molar-refractivity contribution >= 4 is 5.69 Å². The van der Waals surface area contributed by atoms with E-state index in [1.54, 1.807) is 6.07 Å². The minimum absolute atomic E-state index is 0.262. The Balaban J connectivity index is 2.99. The number of hydrogen-bond donors (Lipinski definition) is 1. The second-order valence-corrected chi connectivity index (χ2v) is 5.81. The van der Waals surface area contributed by atoms with E-state index in [2.05, 4.69) is 32.6 Å². The molecular weight excluding hydrogens is 238 g/mol. The molecule has 108 valence electrons. The van der Waals surface area contributed by atoms with Crippen LogP contribution >= 0.6 is 0 Å². The van der Waals surface area contributed by atoms with Gasteiger partial charge in [-0.15, -0.1) is 0 Å². The molecular formula is C16H27NO2. The summed E-state index contributed by atoms with van der Waals surface area (Å²) in [4.78, 5) is 2.32. The number of phenolic OH excluding ortho intramolecular Hbond substituents is 1. The molecule has 19 heavy (non-hydrogen) atoms. The van der Waals surface area contributed by atoms with E-state index in [0.29, 0.717) is 18.4 Å². The van der Waals surface area contributed by atoms with Gasteiger partial charge in [0.15, 0.2) is 0 Å². The molecule has 0 bridgehead atoms. The summed E-state index contributed by atoms with van der Waals surface area (Å²) in [5, 5.41) is 9.83. The standard InChI is InChI=1S/C16H27NO2/c1-6-19-16-8-14(7-15(18)9-16)17(10-12(2)3)11-13(4)5/h7-9,12-13,18H,6,10-11H2,1-5H3. The van der Waals surface area contributed by atoms with E-state index in [-0.39, 0.29) is 5.75 Å². The van der Waals surface area contributed by atoms with Crippen molar-refractivity contribution < 1.29 is 9.84 Å². The lowest BCUT2D eigenvalue weighted by molar-refractivity contribution is 0.337. The summed E-state index contributed by atoms with van der Waals surface area (Å²) in [5.74, 6) is 2.15. The van der Waals surface area contributed by atoms with Gasteiger partial charge in [0.2, 0.25) is 0 Å². The zero-order chi connectivity index (χ0) is 14.4. The number of anilines is 1. The van der Waals surface area contributed by atoms with Gasteiger partial charge in [-0.05, 0) is 18.8 Å². The predicted molar refractivity (Wildman–Crippen MR) is 81.2 cm³/mol. The summed E-state index contributed by atoms with van der Waals surface area (Å²) in [6.07, 6.45) is 0. The monoisotopic (exact) mass is 265 g/mol. The molecule has 0 aliphatic heterocycles. The highest BCUT2D eigenvalue weighted by molar-refractivity contribution is 5.55. The van der Waals surface area contributed by atoms with Crippen molar-refractivity contribution in [1.29, 1.82) is 0 Å². The Kier molecular flexibility index (Phi) is 6.00. The lowest BCUT2D eigenvalue weighted by Crippen LogP contribution is -2.31. The van der Waals surface area contributed by atoms with E-state index in [1.807, 2.05) is 19.1 Å². The van der Waals surface area contributed by atoms with Gasteiger partial charge in [0, 0.05) is 37.0 Å². The zero-order valence-corrected chi connectivity index (χ0v) is 12.8. The Hall–Kier alpha value is -1.38. The van der Waals surface area contributed by atoms with Crippen LogP contribution in [0, 0.1) is 11.8 Å². The molecule has 0 atom stereocenters. The second-order valence-electron chi connectivity index (χ2n) is 5.81. The van der Waals surface area contributed by atoms with Gasteiger partial charge in [0.25, 0.3) is 0 Å². The van der Waals surface area contributed by atoms with Crippen LogP contribution < -0.4 is 9.64 Å². The molecule has 3 nitrogen and oxygen atoms in total. The van der Waals surface area contributed by atoms with E-state index < -0.39 is 0 Å². The Morgan fingerprint density at radius 2 is 1.63 bits per heavy atom. The number of hydrogen-bond acceptors (Lipinski definition) is 3. The van der Waals surface area contributed by atoms with Crippen molar-refractivity contribution in [1.82, 2.24) is 0 Å². The SMILES string of the molecule is CCOc1cc(O)cc(N(CC(C)C)CC(C)C)c1. The fraction of sp³-hybridized carbons (Fsp3) is 0.625. The summed E-state index contributed by atoms with van der Waals surface area (Å²) in [7, 11) is 0. The maximum absolute atomic E-state index is 9.83. The first-order valence-corrected chi connectivity index (χ1v) is 7.14. The molecule has 0 heterocycles. The van der Waals surface area contributed by atoms with Gasteiger partial charge in [-0.2, -0.15) is 0 Å². The van der Waals surface area contributed by atoms with Crippen LogP contribution in [0.25, 0.3) is 0 Å². The number of ether oxygens (including phenoxy) is 1. The third-order valence-corrected chi connectivity index (χ3v) is 2.72. The van der Waals surface area contributed by atoms with Crippen LogP contribution in [-0.2, 0) is 0 Å². The molecule has 0 saturated carbocycles. The Morgan fingerprint density at radius 1 is 1.05 bits per heavy atom. The molecule has 0 unspecified atom stereocenters. The van der Waals surface area contributed by atoms with Crippen LogP contribution in [0.3, 0.4) is 0 Å². The smallest absolute Gasteiger partial charge is 0.125 e. The lowest BCUT2D eigenvalue weighted by Gasteiger charge is -2.29. The van der Waals surface area contributed by atoms with Gasteiger partial charge in [-0.1, -0.05) is 27.7 Å². The molecule has 1 aromatic rings. The minimum atomic E-state index is 0.262. The predicted octanol–water partition coefficient (Wildman–Crippen LogP) is 3.91. The third kappa shape index (κ3) is 5.41. The van der Waals surface area contributed by atoms with E-state index in [0.717, 1.165) is 24.5 Å². The quantitative estimate of drug-likeness (QED) is 0.811. The van der Waals surface area contributed by atoms with Gasteiger partial charge in [-0.3, -0.25) is 0 Å². The largest absolute Gasteiger partial charge is 0.508 e. The summed E-state index contributed by atoms with van der Waals surface area (Å²) in [6.45, 7) is 13.3. The molecule has 3 heteroatoms. The van der Waals surface area contributed by atoms with E-state index in [4.69, 9.17) is 4.74 Å². The Bertz CT molecular complexity index is 378. The van der Waals surface area contributed by atoms with Gasteiger partial charge in [0.1, 0.15) is 11.5 Å². The summed E-state index contributed by atoms with van der Waals surface area (Å²) >= 11 is 0. The Labute approximate surface area is 117 Å². The summed E-state index contributed by atoms with van der Waals surface area (Å²) in [5.41, 5.74) is 1.03. The van der Waals surface area contributed by atoms with Crippen LogP contribution in [0.15, 0.2) is 18.2 Å². The number of nitrogens with zero attached hydrogens (tertiary/aromatic N) is 1. The van der Waals surface area contributed by atoms with Crippen molar-refractivity contribution in [3.63, 3.8) is 0 Å². The number of phenols is 1. The molecule has 1 aromatic carbocycles. The molecule has 0 saturated heterocycles. The van der Waals surface area contributed by atoms with Crippen molar-refractivity contribution in [2.45, 2.75) is 34.6 Å². The Morgan fingerprint density at radius 3 is 2.11 bits per heavy atom. The minimum Gasteiger partial charge on any atom is -0.508 e. The summed E-state index contributed by atoms with van der Waals surface area (Å²) < 4.78 is 5.50. The van der Waals surface area contributed by atoms with Gasteiger partial charge < -0.3 is 14.7 Å². The molecule has 0 aliphatic rings. The van der Waals surface area contributed by atoms with Crippen LogP contribution in [0.5, 0.6) is 11.5 Å². The molecule has 0 spiro atoms. The maximum Gasteiger partial charge on any atom is 0.125 e. The fourth-order valence-corrected chi connectivity index (χ4v) is 2.17. The fourth-order valence-electron chi connectivity index (χ4n) is 2.17. The van der Waals surface area contributed by atoms with Gasteiger partial charge in [-0.25, -0.2) is 0 Å². The molecule has 1 rings (SSSR count). The topological polar surface area (TPSA) is 32.7 Å². The van der Waals surface area contributed by atoms with Crippen molar-refractivity contribution in [3.05, 3.63) is 18.2 Å². The summed E-state index contributed by atoms with van der Waals surface area (Å²) in [6, 6.07) is 5.48. The normalized spacial score (nSPS) is 11.1. The van der Waals surface area contributed by atoms with Crippen LogP contribution in [0.2, 0.25) is 0 Å². The van der Waals surface area contributed by atoms with Gasteiger partial charge >= 0.3 is 0 Å². The maximum atomic E-state index is 9.83. The number of rotatable bonds is 7. The first-order valence-electron chi connectivity index (χ1n) is 7.14. The van der Waals surface area contributed by atoms with E-state index in [9.17, 15) is 5.11 Å².